The van der Waals surface area contributed by atoms with Gasteiger partial charge in [0.05, 0.1) is 0 Å². The van der Waals surface area contributed by atoms with Crippen molar-refractivity contribution in [3.8, 4) is 10.6 Å². The summed E-state index contributed by atoms with van der Waals surface area (Å²) in [5, 5.41) is 10.0. The van der Waals surface area contributed by atoms with Crippen LogP contribution in [0.2, 0.25) is 0 Å². The molecule has 0 saturated heterocycles. The molecule has 0 spiro atoms. The van der Waals surface area contributed by atoms with E-state index < -0.39 is 0 Å². The quantitative estimate of drug-likeness (QED) is 0.565. The molecule has 0 bridgehead atoms. The third-order valence-electron chi connectivity index (χ3n) is 2.58. The van der Waals surface area contributed by atoms with Gasteiger partial charge in [-0.3, -0.25) is 0 Å². The highest BCUT2D eigenvalue weighted by molar-refractivity contribution is 8.00. The van der Waals surface area contributed by atoms with Gasteiger partial charge in [-0.25, -0.2) is 0 Å². The summed E-state index contributed by atoms with van der Waals surface area (Å²) < 4.78 is 3.19. The zero-order chi connectivity index (χ0) is 13.8. The molecule has 1 heterocycles. The maximum atomic E-state index is 5.65. The number of nitrogens with zero attached hydrogens (tertiary/aromatic N) is 2. The first-order valence-electron chi connectivity index (χ1n) is 5.98. The maximum absolute atomic E-state index is 5.65. The van der Waals surface area contributed by atoms with Crippen molar-refractivity contribution in [3.05, 3.63) is 54.6 Å². The number of hydrogen-bond donors (Lipinski definition) is 2. The number of anilines is 2. The Morgan fingerprint density at radius 1 is 0.950 bits per heavy atom. The van der Waals surface area contributed by atoms with Gasteiger partial charge < -0.3 is 10.5 Å². The zero-order valence-corrected chi connectivity index (χ0v) is 12.1. The molecule has 0 aliphatic carbocycles. The molecule has 6 heteroatoms. The summed E-state index contributed by atoms with van der Waals surface area (Å²) in [6.45, 7) is 0. The number of nitrogens with two attached hydrogens (primary N) is 1. The van der Waals surface area contributed by atoms with Crippen molar-refractivity contribution in [3.63, 3.8) is 0 Å². The van der Waals surface area contributed by atoms with Gasteiger partial charge in [0.25, 0.3) is 0 Å². The second-order valence-corrected chi connectivity index (χ2v) is 5.91. The van der Waals surface area contributed by atoms with Crippen LogP contribution in [0.1, 0.15) is 0 Å². The second-order valence-electron chi connectivity index (χ2n) is 4.05. The minimum atomic E-state index is 0.761. The summed E-state index contributed by atoms with van der Waals surface area (Å²) in [6.07, 6.45) is 0. The van der Waals surface area contributed by atoms with E-state index in [1.54, 1.807) is 0 Å². The van der Waals surface area contributed by atoms with Crippen LogP contribution in [-0.2, 0) is 0 Å². The topological polar surface area (TPSA) is 63.8 Å². The normalized spacial score (nSPS) is 10.4. The van der Waals surface area contributed by atoms with E-state index in [0.29, 0.717) is 0 Å². The Kier molecular flexibility index (Phi) is 3.85. The lowest BCUT2D eigenvalue weighted by Gasteiger charge is -2.01. The van der Waals surface area contributed by atoms with Gasteiger partial charge in [-0.05, 0) is 36.2 Å². The maximum Gasteiger partial charge on any atom is 0.216 e. The number of hydrogen-bond acceptors (Lipinski definition) is 6. The van der Waals surface area contributed by atoms with E-state index in [9.17, 15) is 0 Å². The standard InChI is InChI=1S/C14H12N4S2/c15-11-6-8-12(9-7-11)20-18-14-17-16-13(19-14)10-4-2-1-3-5-10/h1-9H,15H2,(H,17,18). The van der Waals surface area contributed by atoms with E-state index in [1.807, 2.05) is 54.6 Å². The Labute approximate surface area is 125 Å². The van der Waals surface area contributed by atoms with Gasteiger partial charge in [0.2, 0.25) is 5.13 Å². The Morgan fingerprint density at radius 3 is 2.45 bits per heavy atom. The number of nitrogen functional groups attached to an aromatic ring is 1. The molecule has 4 nitrogen and oxygen atoms in total. The molecule has 0 saturated carbocycles. The first-order chi connectivity index (χ1) is 9.81. The highest BCUT2D eigenvalue weighted by Crippen LogP contribution is 2.29. The van der Waals surface area contributed by atoms with Crippen molar-refractivity contribution in [2.24, 2.45) is 0 Å². The predicted octanol–water partition coefficient (Wildman–Crippen LogP) is 3.91. The second kappa shape index (κ2) is 5.94. The van der Waals surface area contributed by atoms with Crippen molar-refractivity contribution in [1.29, 1.82) is 0 Å². The summed E-state index contributed by atoms with van der Waals surface area (Å²) in [5.41, 5.74) is 7.49. The third-order valence-corrected chi connectivity index (χ3v) is 4.40. The Morgan fingerprint density at radius 2 is 1.70 bits per heavy atom. The van der Waals surface area contributed by atoms with Gasteiger partial charge >= 0.3 is 0 Å². The molecule has 0 aliphatic heterocycles. The van der Waals surface area contributed by atoms with E-state index in [0.717, 1.165) is 26.3 Å². The smallest absolute Gasteiger partial charge is 0.216 e. The number of aromatic nitrogens is 2. The fourth-order valence-corrected chi connectivity index (χ4v) is 3.01. The van der Waals surface area contributed by atoms with Crippen LogP contribution in [0.4, 0.5) is 10.8 Å². The van der Waals surface area contributed by atoms with Gasteiger partial charge in [0.15, 0.2) is 0 Å². The molecular formula is C14H12N4S2. The zero-order valence-electron chi connectivity index (χ0n) is 10.5. The first-order valence-corrected chi connectivity index (χ1v) is 7.62. The SMILES string of the molecule is Nc1ccc(SNc2nnc(-c3ccccc3)s2)cc1. The minimum absolute atomic E-state index is 0.761. The lowest BCUT2D eigenvalue weighted by atomic mass is 10.2. The van der Waals surface area contributed by atoms with Gasteiger partial charge in [-0.1, -0.05) is 41.7 Å². The minimum Gasteiger partial charge on any atom is -0.399 e. The molecule has 0 radical (unpaired) electrons. The van der Waals surface area contributed by atoms with E-state index in [-0.39, 0.29) is 0 Å². The largest absolute Gasteiger partial charge is 0.399 e. The number of benzene rings is 2. The molecule has 0 fully saturated rings. The Balaban J connectivity index is 1.67. The molecule has 3 rings (SSSR count). The third kappa shape index (κ3) is 3.09. The molecule has 0 aliphatic rings. The van der Waals surface area contributed by atoms with E-state index in [2.05, 4.69) is 14.9 Å². The Bertz CT molecular complexity index is 680. The van der Waals surface area contributed by atoms with Crippen LogP contribution in [0, 0.1) is 0 Å². The van der Waals surface area contributed by atoms with Crippen molar-refractivity contribution >= 4 is 34.1 Å². The van der Waals surface area contributed by atoms with E-state index >= 15 is 0 Å². The molecule has 1 aromatic heterocycles. The van der Waals surface area contributed by atoms with E-state index in [4.69, 9.17) is 5.73 Å². The van der Waals surface area contributed by atoms with Crippen LogP contribution in [0.5, 0.6) is 0 Å². The molecule has 2 aromatic carbocycles. The fourth-order valence-electron chi connectivity index (χ4n) is 1.60. The summed E-state index contributed by atoms with van der Waals surface area (Å²) >= 11 is 3.02. The Hall–Kier alpha value is -2.05. The molecule has 0 atom stereocenters. The summed E-state index contributed by atoms with van der Waals surface area (Å²) in [5.74, 6) is 0. The molecule has 0 unspecified atom stereocenters. The molecule has 3 aromatic rings. The highest BCUT2D eigenvalue weighted by Gasteiger charge is 2.06. The number of rotatable bonds is 4. The molecule has 100 valence electrons. The van der Waals surface area contributed by atoms with Crippen molar-refractivity contribution in [1.82, 2.24) is 10.2 Å². The van der Waals surface area contributed by atoms with Crippen molar-refractivity contribution in [2.75, 3.05) is 10.5 Å². The van der Waals surface area contributed by atoms with Crippen molar-refractivity contribution in [2.45, 2.75) is 4.90 Å². The fraction of sp³-hybridized carbons (Fsp3) is 0. The van der Waals surface area contributed by atoms with Crippen LogP contribution in [0.25, 0.3) is 10.6 Å². The van der Waals surface area contributed by atoms with Gasteiger partial charge in [-0.15, -0.1) is 10.2 Å². The highest BCUT2D eigenvalue weighted by atomic mass is 32.2. The molecule has 3 N–H and O–H groups in total. The van der Waals surface area contributed by atoms with Gasteiger partial charge in [-0.2, -0.15) is 0 Å². The van der Waals surface area contributed by atoms with Crippen LogP contribution < -0.4 is 10.5 Å². The monoisotopic (exact) mass is 300 g/mol. The van der Waals surface area contributed by atoms with Crippen LogP contribution in [0.15, 0.2) is 59.5 Å². The average Bonchev–Trinajstić information content (AvgIpc) is 2.97. The lowest BCUT2D eigenvalue weighted by Crippen LogP contribution is -1.87. The van der Waals surface area contributed by atoms with Crippen LogP contribution in [0.3, 0.4) is 0 Å². The summed E-state index contributed by atoms with van der Waals surface area (Å²) in [6, 6.07) is 17.7. The van der Waals surface area contributed by atoms with Crippen LogP contribution in [-0.4, -0.2) is 10.2 Å². The molecular weight excluding hydrogens is 288 g/mol. The predicted molar refractivity (Wildman–Crippen MR) is 85.7 cm³/mol. The number of nitrogens with one attached hydrogen (secondary N) is 1. The molecule has 0 amide bonds. The summed E-state index contributed by atoms with van der Waals surface area (Å²) in [7, 11) is 0. The average molecular weight is 300 g/mol. The molecule has 20 heavy (non-hydrogen) atoms. The van der Waals surface area contributed by atoms with Gasteiger partial charge in [0, 0.05) is 16.1 Å². The first kappa shape index (κ1) is 13.0. The summed E-state index contributed by atoms with van der Waals surface area (Å²) in [4.78, 5) is 1.08. The van der Waals surface area contributed by atoms with Gasteiger partial charge in [0.1, 0.15) is 5.01 Å². The van der Waals surface area contributed by atoms with E-state index in [1.165, 1.54) is 23.3 Å². The van der Waals surface area contributed by atoms with Crippen molar-refractivity contribution < 1.29 is 0 Å². The van der Waals surface area contributed by atoms with Crippen LogP contribution >= 0.6 is 23.3 Å². The lowest BCUT2D eigenvalue weighted by molar-refractivity contribution is 1.10.